The Bertz CT molecular complexity index is 1360. The zero-order valence-corrected chi connectivity index (χ0v) is 26.2. The Kier molecular flexibility index (Phi) is 11.4. The van der Waals surface area contributed by atoms with Crippen LogP contribution >= 0.6 is 0 Å². The smallest absolute Gasteiger partial charge is 0.237 e. The van der Waals surface area contributed by atoms with E-state index < -0.39 is 0 Å². The molecule has 0 aliphatic rings. The third-order valence-electron chi connectivity index (χ3n) is 6.87. The summed E-state index contributed by atoms with van der Waals surface area (Å²) in [5, 5.41) is 36.9. The Hall–Kier alpha value is -4.05. The van der Waals surface area contributed by atoms with Gasteiger partial charge in [-0.05, 0) is 39.7 Å². The predicted octanol–water partition coefficient (Wildman–Crippen LogP) is 0.842. The van der Waals surface area contributed by atoms with Crippen LogP contribution in [0.5, 0.6) is 0 Å². The molecule has 43 heavy (non-hydrogen) atoms. The van der Waals surface area contributed by atoms with Gasteiger partial charge in [0.05, 0.1) is 28.8 Å². The van der Waals surface area contributed by atoms with Gasteiger partial charge in [0.25, 0.3) is 0 Å². The van der Waals surface area contributed by atoms with E-state index in [2.05, 4.69) is 63.3 Å². The highest BCUT2D eigenvalue weighted by molar-refractivity contribution is 5.81. The molecule has 4 aromatic heterocycles. The standard InChI is InChI=1S/C27H45N15O/c1-7-11-42-20-25(32-36-42)19-41(18-24-15-39(6)35-31-24)26(27(43)28-21(2)3)10-8-9-12-40(16-22-13-37(4)33-29-22)17-23-14-38(5)34-30-23/h13-15,20-21,26H,7-12,16-19H2,1-6H3,(H,28,43). The molecule has 4 rings (SSSR count). The van der Waals surface area contributed by atoms with Gasteiger partial charge in [0.2, 0.25) is 5.91 Å². The lowest BCUT2D eigenvalue weighted by atomic mass is 10.1. The lowest BCUT2D eigenvalue weighted by Gasteiger charge is -2.30. The highest BCUT2D eigenvalue weighted by atomic mass is 16.2. The van der Waals surface area contributed by atoms with E-state index in [1.165, 1.54) is 0 Å². The van der Waals surface area contributed by atoms with Gasteiger partial charge in [-0.15, -0.1) is 20.4 Å². The minimum absolute atomic E-state index is 0.00387. The molecule has 0 spiro atoms. The second-order valence-electron chi connectivity index (χ2n) is 11.4. The molecule has 0 aromatic carbocycles. The second kappa shape index (κ2) is 15.4. The first-order valence-corrected chi connectivity index (χ1v) is 14.9. The van der Waals surface area contributed by atoms with Gasteiger partial charge in [0, 0.05) is 84.7 Å². The molecule has 0 bridgehead atoms. The van der Waals surface area contributed by atoms with Gasteiger partial charge in [-0.3, -0.25) is 33.3 Å². The van der Waals surface area contributed by atoms with E-state index in [0.717, 1.165) is 55.1 Å². The molecule has 0 aliphatic carbocycles. The van der Waals surface area contributed by atoms with Crippen molar-refractivity contribution in [3.05, 3.63) is 47.6 Å². The normalized spacial score (nSPS) is 12.6. The summed E-state index contributed by atoms with van der Waals surface area (Å²) in [5.74, 6) is -0.00387. The largest absolute Gasteiger partial charge is 0.353 e. The van der Waals surface area contributed by atoms with Crippen LogP contribution in [0.2, 0.25) is 0 Å². The number of nitrogens with zero attached hydrogens (tertiary/aromatic N) is 14. The van der Waals surface area contributed by atoms with Crippen molar-refractivity contribution in [2.45, 2.75) is 91.3 Å². The third kappa shape index (κ3) is 10.0. The summed E-state index contributed by atoms with van der Waals surface area (Å²) in [6, 6.07) is -0.359. The summed E-state index contributed by atoms with van der Waals surface area (Å²) < 4.78 is 6.94. The van der Waals surface area contributed by atoms with Crippen LogP contribution in [0.4, 0.5) is 0 Å². The van der Waals surface area contributed by atoms with Crippen molar-refractivity contribution >= 4 is 5.91 Å². The summed E-state index contributed by atoms with van der Waals surface area (Å²) in [5.41, 5.74) is 3.41. The fraction of sp³-hybridized carbons (Fsp3) is 0.667. The van der Waals surface area contributed by atoms with E-state index >= 15 is 0 Å². The molecule has 1 atom stereocenters. The van der Waals surface area contributed by atoms with Crippen LogP contribution in [0.3, 0.4) is 0 Å². The molecule has 4 heterocycles. The van der Waals surface area contributed by atoms with Crippen molar-refractivity contribution in [3.8, 4) is 0 Å². The monoisotopic (exact) mass is 595 g/mol. The molecule has 234 valence electrons. The van der Waals surface area contributed by atoms with Crippen LogP contribution in [0.25, 0.3) is 0 Å². The topological polar surface area (TPSA) is 158 Å². The molecule has 1 N–H and O–H groups in total. The van der Waals surface area contributed by atoms with Gasteiger partial charge in [-0.1, -0.05) is 34.2 Å². The van der Waals surface area contributed by atoms with E-state index in [9.17, 15) is 4.79 Å². The zero-order chi connectivity index (χ0) is 30.8. The molecular weight excluding hydrogens is 550 g/mol. The average Bonchev–Trinajstić information content (AvgIpc) is 3.74. The van der Waals surface area contributed by atoms with Gasteiger partial charge in [-0.25, -0.2) is 0 Å². The Morgan fingerprint density at radius 1 is 0.767 bits per heavy atom. The fourth-order valence-corrected chi connectivity index (χ4v) is 5.05. The van der Waals surface area contributed by atoms with Crippen LogP contribution in [0.1, 0.15) is 69.2 Å². The number of hydrogen-bond donors (Lipinski definition) is 1. The molecule has 1 amide bonds. The van der Waals surface area contributed by atoms with Gasteiger partial charge in [-0.2, -0.15) is 0 Å². The quantitative estimate of drug-likeness (QED) is 0.163. The van der Waals surface area contributed by atoms with Crippen LogP contribution < -0.4 is 5.32 Å². The van der Waals surface area contributed by atoms with Gasteiger partial charge in [0.15, 0.2) is 0 Å². The summed E-state index contributed by atoms with van der Waals surface area (Å²) in [6.07, 6.45) is 11.1. The lowest BCUT2D eigenvalue weighted by molar-refractivity contribution is -0.127. The van der Waals surface area contributed by atoms with Gasteiger partial charge in [0.1, 0.15) is 0 Å². The number of unbranched alkanes of at least 4 members (excludes halogenated alkanes) is 1. The molecule has 0 fully saturated rings. The maximum absolute atomic E-state index is 13.6. The number of carbonyl (C=O) groups is 1. The number of aromatic nitrogens is 12. The van der Waals surface area contributed by atoms with Gasteiger partial charge < -0.3 is 5.32 Å². The Morgan fingerprint density at radius 2 is 1.28 bits per heavy atom. The van der Waals surface area contributed by atoms with Crippen molar-refractivity contribution in [2.75, 3.05) is 6.54 Å². The first-order valence-electron chi connectivity index (χ1n) is 14.9. The number of nitrogens with one attached hydrogen (secondary N) is 1. The summed E-state index contributed by atoms with van der Waals surface area (Å²) in [6.45, 7) is 9.91. The number of amides is 1. The van der Waals surface area contributed by atoms with Crippen molar-refractivity contribution in [1.29, 1.82) is 0 Å². The Balaban J connectivity index is 1.47. The molecule has 0 radical (unpaired) electrons. The maximum Gasteiger partial charge on any atom is 0.237 e. The second-order valence-corrected chi connectivity index (χ2v) is 11.4. The zero-order valence-electron chi connectivity index (χ0n) is 26.2. The van der Waals surface area contributed by atoms with Crippen molar-refractivity contribution in [2.24, 2.45) is 21.1 Å². The highest BCUT2D eigenvalue weighted by Crippen LogP contribution is 2.18. The SMILES string of the molecule is CCCn1cc(CN(Cc2cn(C)nn2)C(CCCCN(Cc2cn(C)nn2)Cc2cn(C)nn2)C(=O)NC(C)C)nn1. The summed E-state index contributed by atoms with van der Waals surface area (Å²) in [4.78, 5) is 18.1. The van der Waals surface area contributed by atoms with E-state index in [1.54, 1.807) is 14.0 Å². The number of carbonyl (C=O) groups excluding carboxylic acids is 1. The van der Waals surface area contributed by atoms with Crippen LogP contribution in [-0.2, 0) is 58.7 Å². The van der Waals surface area contributed by atoms with Crippen molar-refractivity contribution in [3.63, 3.8) is 0 Å². The molecule has 0 saturated carbocycles. The first-order chi connectivity index (χ1) is 20.7. The Labute approximate surface area is 252 Å². The van der Waals surface area contributed by atoms with Gasteiger partial charge >= 0.3 is 0 Å². The van der Waals surface area contributed by atoms with Crippen LogP contribution in [-0.4, -0.2) is 94.3 Å². The maximum atomic E-state index is 13.6. The number of rotatable bonds is 18. The average molecular weight is 596 g/mol. The van der Waals surface area contributed by atoms with Crippen molar-refractivity contribution in [1.82, 2.24) is 75.1 Å². The minimum Gasteiger partial charge on any atom is -0.353 e. The molecule has 16 heteroatoms. The fourth-order valence-electron chi connectivity index (χ4n) is 5.05. The first kappa shape index (κ1) is 31.9. The van der Waals surface area contributed by atoms with Crippen LogP contribution in [0, 0.1) is 0 Å². The Morgan fingerprint density at radius 3 is 1.77 bits per heavy atom. The van der Waals surface area contributed by atoms with E-state index in [1.807, 2.05) is 64.5 Å². The summed E-state index contributed by atoms with van der Waals surface area (Å²) >= 11 is 0. The highest BCUT2D eigenvalue weighted by Gasteiger charge is 2.28. The predicted molar refractivity (Wildman–Crippen MR) is 158 cm³/mol. The third-order valence-corrected chi connectivity index (χ3v) is 6.87. The molecular formula is C27H45N15O. The molecule has 1 unspecified atom stereocenters. The molecule has 0 saturated heterocycles. The molecule has 0 aliphatic heterocycles. The number of hydrogen-bond acceptors (Lipinski definition) is 11. The molecule has 4 aromatic rings. The van der Waals surface area contributed by atoms with Crippen molar-refractivity contribution < 1.29 is 4.79 Å². The van der Waals surface area contributed by atoms with E-state index in [4.69, 9.17) is 0 Å². The number of aryl methyl sites for hydroxylation is 4. The van der Waals surface area contributed by atoms with Crippen LogP contribution in [0.15, 0.2) is 24.8 Å². The lowest BCUT2D eigenvalue weighted by Crippen LogP contribution is -2.48. The minimum atomic E-state index is -0.380. The van der Waals surface area contributed by atoms with E-state index in [0.29, 0.717) is 32.6 Å². The van der Waals surface area contributed by atoms with E-state index in [-0.39, 0.29) is 18.0 Å². The molecule has 16 nitrogen and oxygen atoms in total. The summed E-state index contributed by atoms with van der Waals surface area (Å²) in [7, 11) is 5.57.